The highest BCUT2D eigenvalue weighted by Gasteiger charge is 2.34. The summed E-state index contributed by atoms with van der Waals surface area (Å²) < 4.78 is 89.1. The third kappa shape index (κ3) is 13.9. The van der Waals surface area contributed by atoms with E-state index >= 15 is 0 Å². The van der Waals surface area contributed by atoms with E-state index in [4.69, 9.17) is 9.47 Å². The van der Waals surface area contributed by atoms with Crippen LogP contribution in [-0.2, 0) is 23.9 Å². The Kier molecular flexibility index (Phi) is 16.5. The van der Waals surface area contributed by atoms with Gasteiger partial charge in [-0.1, -0.05) is 76.2 Å². The first-order valence-corrected chi connectivity index (χ1v) is 19.5. The Hall–Kier alpha value is -5.23. The predicted octanol–water partition coefficient (Wildman–Crippen LogP) is 8.19. The highest BCUT2D eigenvalue weighted by molar-refractivity contribution is 5.85. The van der Waals surface area contributed by atoms with Crippen LogP contribution in [0.1, 0.15) is 89.7 Å². The summed E-state index contributed by atoms with van der Waals surface area (Å²) in [5, 5.41) is 16.1. The number of aliphatic hydroxyl groups is 1. The van der Waals surface area contributed by atoms with Gasteiger partial charge in [0.15, 0.2) is 0 Å². The molecule has 2 heterocycles. The quantitative estimate of drug-likeness (QED) is 0.0334. The lowest BCUT2D eigenvalue weighted by Gasteiger charge is -2.26. The standard InChI is InChI=1S/C42H52F6N6O6/c1-23(2)35(39(57)59-5)53-33(55)19-29(15-17-41(43,44)45)37-49-21-31(51-37)27-11-7-25(8-12-27)26-9-13-28(14-10-26)32-22-50-38(52-32)30(16-18-42(46,47)48)20-34(56)54-36(24(3)4)40(58)60-6/h7-14,21-24,29-30,33,35-36,53,55H,15-20H2,1-6H3,(H,49,51)(H,50,52)(H,54,56)/t29-,30-,33?,35+,36+/m1/s1. The molecule has 4 rings (SSSR count). The smallest absolute Gasteiger partial charge is 0.389 e. The van der Waals surface area contributed by atoms with Crippen molar-refractivity contribution in [1.82, 2.24) is 30.6 Å². The average molecular weight is 851 g/mol. The Bertz CT molecular complexity index is 2000. The van der Waals surface area contributed by atoms with Gasteiger partial charge < -0.3 is 29.9 Å². The number of halogens is 6. The number of alkyl halides is 6. The fraction of sp³-hybridized carbons (Fsp3) is 0.500. The fourth-order valence-electron chi connectivity index (χ4n) is 6.73. The van der Waals surface area contributed by atoms with E-state index in [1.165, 1.54) is 26.6 Å². The molecule has 1 amide bonds. The number of hydrogen-bond acceptors (Lipinski definition) is 9. The second kappa shape index (κ2) is 20.8. The number of aromatic nitrogens is 4. The number of imidazole rings is 2. The van der Waals surface area contributed by atoms with Gasteiger partial charge in [-0.2, -0.15) is 26.3 Å². The molecule has 0 fully saturated rings. The lowest BCUT2D eigenvalue weighted by atomic mass is 9.96. The summed E-state index contributed by atoms with van der Waals surface area (Å²) >= 11 is 0. The molecule has 12 nitrogen and oxygen atoms in total. The number of nitrogens with one attached hydrogen (secondary N) is 4. The maximum absolute atomic E-state index is 13.3. The van der Waals surface area contributed by atoms with E-state index in [0.29, 0.717) is 22.5 Å². The summed E-state index contributed by atoms with van der Waals surface area (Å²) in [6.07, 6.45) is -10.7. The molecule has 5 N–H and O–H groups in total. The van der Waals surface area contributed by atoms with Crippen LogP contribution in [0.3, 0.4) is 0 Å². The lowest BCUT2D eigenvalue weighted by Crippen LogP contribution is -2.47. The number of nitrogens with zero attached hydrogens (tertiary/aromatic N) is 2. The van der Waals surface area contributed by atoms with Crippen molar-refractivity contribution in [3.05, 3.63) is 72.6 Å². The van der Waals surface area contributed by atoms with Crippen LogP contribution in [0.15, 0.2) is 60.9 Å². The molecule has 1 unspecified atom stereocenters. The molecule has 328 valence electrons. The summed E-state index contributed by atoms with van der Waals surface area (Å²) in [5.41, 5.74) is 4.13. The highest BCUT2D eigenvalue weighted by atomic mass is 19.4. The second-order valence-electron chi connectivity index (χ2n) is 15.4. The zero-order valence-electron chi connectivity index (χ0n) is 34.2. The van der Waals surface area contributed by atoms with Gasteiger partial charge in [0.25, 0.3) is 0 Å². The molecule has 2 aromatic carbocycles. The molecule has 4 aromatic rings. The summed E-state index contributed by atoms with van der Waals surface area (Å²) in [4.78, 5) is 52.1. The first-order valence-electron chi connectivity index (χ1n) is 19.5. The van der Waals surface area contributed by atoms with E-state index in [2.05, 4.69) is 30.6 Å². The Labute approximate surface area is 344 Å². The normalized spacial score (nSPS) is 14.7. The van der Waals surface area contributed by atoms with Crippen molar-refractivity contribution in [2.45, 2.75) is 109 Å². The summed E-state index contributed by atoms with van der Waals surface area (Å²) in [5.74, 6) is -3.73. The van der Waals surface area contributed by atoms with E-state index in [0.717, 1.165) is 11.1 Å². The number of rotatable bonds is 20. The van der Waals surface area contributed by atoms with Crippen molar-refractivity contribution in [3.63, 3.8) is 0 Å². The number of ether oxygens (including phenoxy) is 2. The minimum absolute atomic E-state index is 0.148. The maximum Gasteiger partial charge on any atom is 0.389 e. The van der Waals surface area contributed by atoms with Gasteiger partial charge in [-0.05, 0) is 53.4 Å². The Morgan fingerprint density at radius 2 is 1.07 bits per heavy atom. The number of H-pyrrole nitrogens is 2. The number of methoxy groups -OCH3 is 2. The molecule has 0 saturated carbocycles. The van der Waals surface area contributed by atoms with Gasteiger partial charge in [-0.25, -0.2) is 14.8 Å². The van der Waals surface area contributed by atoms with Crippen LogP contribution < -0.4 is 10.6 Å². The molecule has 0 saturated heterocycles. The van der Waals surface area contributed by atoms with Gasteiger partial charge >= 0.3 is 24.3 Å². The van der Waals surface area contributed by atoms with Crippen molar-refractivity contribution in [1.29, 1.82) is 0 Å². The largest absolute Gasteiger partial charge is 0.468 e. The van der Waals surface area contributed by atoms with Crippen molar-refractivity contribution in [2.75, 3.05) is 14.2 Å². The summed E-state index contributed by atoms with van der Waals surface area (Å²) in [6.45, 7) is 6.91. The minimum atomic E-state index is -4.46. The molecular formula is C42H52F6N6O6. The van der Waals surface area contributed by atoms with Crippen molar-refractivity contribution >= 4 is 17.8 Å². The van der Waals surface area contributed by atoms with Crippen LogP contribution >= 0.6 is 0 Å². The monoisotopic (exact) mass is 850 g/mol. The number of amides is 1. The van der Waals surface area contributed by atoms with Gasteiger partial charge in [0.05, 0.1) is 38.0 Å². The molecule has 18 heteroatoms. The van der Waals surface area contributed by atoms with E-state index < -0.39 is 79.6 Å². The number of aromatic amines is 2. The number of aliphatic hydroxyl groups excluding tert-OH is 1. The van der Waals surface area contributed by atoms with E-state index in [1.54, 1.807) is 27.7 Å². The first kappa shape index (κ1) is 47.4. The van der Waals surface area contributed by atoms with Gasteiger partial charge in [-0.15, -0.1) is 0 Å². The van der Waals surface area contributed by atoms with Gasteiger partial charge in [0.1, 0.15) is 30.0 Å². The number of benzene rings is 2. The molecule has 0 aliphatic rings. The zero-order chi connectivity index (χ0) is 44.4. The first-order chi connectivity index (χ1) is 28.2. The van der Waals surface area contributed by atoms with Crippen LogP contribution in [0.5, 0.6) is 0 Å². The highest BCUT2D eigenvalue weighted by Crippen LogP contribution is 2.34. The third-order valence-corrected chi connectivity index (χ3v) is 10.1. The number of carbonyl (C=O) groups excluding carboxylic acids is 3. The third-order valence-electron chi connectivity index (χ3n) is 10.1. The fourth-order valence-corrected chi connectivity index (χ4v) is 6.73. The molecule has 5 atom stereocenters. The molecule has 0 bridgehead atoms. The van der Waals surface area contributed by atoms with E-state index in [9.17, 15) is 45.8 Å². The molecule has 2 aromatic heterocycles. The molecule has 60 heavy (non-hydrogen) atoms. The lowest BCUT2D eigenvalue weighted by molar-refractivity contribution is -0.146. The van der Waals surface area contributed by atoms with Crippen LogP contribution in [-0.4, -0.2) is 87.8 Å². The molecule has 0 radical (unpaired) electrons. The van der Waals surface area contributed by atoms with E-state index in [1.807, 2.05) is 48.5 Å². The van der Waals surface area contributed by atoms with Gasteiger partial charge in [0.2, 0.25) is 5.91 Å². The molecule has 0 aliphatic carbocycles. The van der Waals surface area contributed by atoms with Crippen molar-refractivity contribution in [2.24, 2.45) is 11.8 Å². The molecular weight excluding hydrogens is 798 g/mol. The zero-order valence-corrected chi connectivity index (χ0v) is 34.2. The van der Waals surface area contributed by atoms with Crippen LogP contribution in [0, 0.1) is 11.8 Å². The minimum Gasteiger partial charge on any atom is -0.468 e. The topological polar surface area (TPSA) is 171 Å². The average Bonchev–Trinajstić information content (AvgIpc) is 3.89. The molecule has 0 spiro atoms. The number of esters is 2. The summed E-state index contributed by atoms with van der Waals surface area (Å²) in [7, 11) is 2.39. The van der Waals surface area contributed by atoms with Crippen LogP contribution in [0.4, 0.5) is 26.3 Å². The van der Waals surface area contributed by atoms with E-state index in [-0.39, 0.29) is 42.7 Å². The Morgan fingerprint density at radius 1 is 0.667 bits per heavy atom. The number of carbonyl (C=O) groups is 3. The Morgan fingerprint density at radius 3 is 1.48 bits per heavy atom. The van der Waals surface area contributed by atoms with Crippen LogP contribution in [0.25, 0.3) is 33.6 Å². The van der Waals surface area contributed by atoms with Crippen LogP contribution in [0.2, 0.25) is 0 Å². The second-order valence-corrected chi connectivity index (χ2v) is 15.4. The van der Waals surface area contributed by atoms with Gasteiger partial charge in [0, 0.05) is 31.1 Å². The van der Waals surface area contributed by atoms with Crippen molar-refractivity contribution in [3.8, 4) is 33.6 Å². The Balaban J connectivity index is 1.47. The van der Waals surface area contributed by atoms with Crippen molar-refractivity contribution < 1.29 is 55.3 Å². The SMILES string of the molecule is COC(=O)[C@@H](NC(=O)C[C@@H](CCC(F)(F)F)c1ncc(-c2ccc(-c3ccc(-c4cnc([C@H](CCC(F)(F)F)CC(O)N[C@H](C(=O)OC)C(C)C)[nH]4)cc3)cc2)[nH]1)C(C)C. The van der Waals surface area contributed by atoms with Gasteiger partial charge in [-0.3, -0.25) is 14.9 Å². The predicted molar refractivity (Wildman–Crippen MR) is 211 cm³/mol. The summed E-state index contributed by atoms with van der Waals surface area (Å²) in [6, 6.07) is 12.8. The number of hydrogen-bond donors (Lipinski definition) is 5. The maximum atomic E-state index is 13.3. The molecule has 0 aliphatic heterocycles.